The van der Waals surface area contributed by atoms with Gasteiger partial charge >= 0.3 is 0 Å². The fourth-order valence-electron chi connectivity index (χ4n) is 5.65. The zero-order chi connectivity index (χ0) is 28.6. The van der Waals surface area contributed by atoms with Gasteiger partial charge in [0.05, 0.1) is 4.88 Å². The Hall–Kier alpha value is -5.45. The van der Waals surface area contributed by atoms with Crippen molar-refractivity contribution < 1.29 is 0 Å². The molecule has 8 aromatic rings. The molecule has 0 bridgehead atoms. The summed E-state index contributed by atoms with van der Waals surface area (Å²) < 4.78 is 1.21. The summed E-state index contributed by atoms with van der Waals surface area (Å²) in [6.45, 7) is 0. The van der Waals surface area contributed by atoms with E-state index in [2.05, 4.69) is 140 Å². The molecule has 43 heavy (non-hydrogen) atoms. The third-order valence-corrected chi connectivity index (χ3v) is 8.89. The summed E-state index contributed by atoms with van der Waals surface area (Å²) in [5.74, 6) is 2.00. The molecule has 0 saturated heterocycles. The van der Waals surface area contributed by atoms with Crippen LogP contribution in [0.4, 0.5) is 0 Å². The minimum atomic E-state index is 0.657. The summed E-state index contributed by atoms with van der Waals surface area (Å²) in [7, 11) is 0. The van der Waals surface area contributed by atoms with Crippen molar-refractivity contribution in [1.82, 2.24) is 15.0 Å². The van der Waals surface area contributed by atoms with Crippen LogP contribution in [0.1, 0.15) is 0 Å². The Morgan fingerprint density at radius 2 is 0.953 bits per heavy atom. The van der Waals surface area contributed by atoms with Gasteiger partial charge in [-0.05, 0) is 50.5 Å². The first-order chi connectivity index (χ1) is 21.3. The topological polar surface area (TPSA) is 38.7 Å². The van der Waals surface area contributed by atoms with Crippen LogP contribution in [0, 0.1) is 0 Å². The Balaban J connectivity index is 1.28. The van der Waals surface area contributed by atoms with E-state index in [-0.39, 0.29) is 0 Å². The SMILES string of the molecule is c1ccc(-c2ccccc2-c2nc(-c3ccc(-c4cccc5ccccc45)cc3)nc(-c3cc4ccccc4s3)n2)cc1. The Kier molecular flexibility index (Phi) is 6.32. The van der Waals surface area contributed by atoms with Crippen LogP contribution in [-0.2, 0) is 0 Å². The molecule has 202 valence electrons. The van der Waals surface area contributed by atoms with Gasteiger partial charge in [0.15, 0.2) is 17.5 Å². The Bertz CT molecular complexity index is 2200. The second-order valence-corrected chi connectivity index (χ2v) is 11.6. The largest absolute Gasteiger partial charge is 0.208 e. The molecule has 0 aliphatic carbocycles. The Morgan fingerprint density at radius 3 is 1.79 bits per heavy atom. The summed E-state index contributed by atoms with van der Waals surface area (Å²) in [5, 5.41) is 3.66. The molecule has 0 spiro atoms. The maximum absolute atomic E-state index is 5.07. The molecule has 3 nitrogen and oxygen atoms in total. The second-order valence-electron chi connectivity index (χ2n) is 10.5. The van der Waals surface area contributed by atoms with Crippen LogP contribution in [0.3, 0.4) is 0 Å². The summed E-state index contributed by atoms with van der Waals surface area (Å²) in [5.41, 5.74) is 6.52. The van der Waals surface area contributed by atoms with E-state index in [1.807, 2.05) is 12.1 Å². The number of hydrogen-bond acceptors (Lipinski definition) is 4. The van der Waals surface area contributed by atoms with E-state index >= 15 is 0 Å². The predicted octanol–water partition coefficient (Wildman–Crippen LogP) is 10.6. The van der Waals surface area contributed by atoms with E-state index < -0.39 is 0 Å². The number of rotatable bonds is 5. The third kappa shape index (κ3) is 4.78. The molecule has 0 aliphatic heterocycles. The van der Waals surface area contributed by atoms with E-state index in [0.717, 1.165) is 32.7 Å². The van der Waals surface area contributed by atoms with Gasteiger partial charge in [-0.15, -0.1) is 11.3 Å². The van der Waals surface area contributed by atoms with E-state index in [1.165, 1.54) is 26.4 Å². The maximum atomic E-state index is 5.07. The number of aromatic nitrogens is 3. The maximum Gasteiger partial charge on any atom is 0.174 e. The minimum Gasteiger partial charge on any atom is -0.208 e. The molecule has 0 radical (unpaired) electrons. The fourth-order valence-corrected chi connectivity index (χ4v) is 6.65. The van der Waals surface area contributed by atoms with Crippen LogP contribution in [-0.4, -0.2) is 15.0 Å². The van der Waals surface area contributed by atoms with Crippen LogP contribution < -0.4 is 0 Å². The second kappa shape index (κ2) is 10.8. The van der Waals surface area contributed by atoms with Crippen LogP contribution in [0.15, 0.2) is 152 Å². The molecule has 4 heteroatoms. The molecule has 0 atom stereocenters. The van der Waals surface area contributed by atoms with Crippen molar-refractivity contribution in [2.24, 2.45) is 0 Å². The number of nitrogens with zero attached hydrogens (tertiary/aromatic N) is 3. The molecule has 0 fully saturated rings. The smallest absolute Gasteiger partial charge is 0.174 e. The van der Waals surface area contributed by atoms with Crippen molar-refractivity contribution in [3.63, 3.8) is 0 Å². The lowest BCUT2D eigenvalue weighted by molar-refractivity contribution is 1.08. The highest BCUT2D eigenvalue weighted by molar-refractivity contribution is 7.22. The van der Waals surface area contributed by atoms with Crippen molar-refractivity contribution >= 4 is 32.2 Å². The summed E-state index contributed by atoms with van der Waals surface area (Å²) in [6.07, 6.45) is 0. The van der Waals surface area contributed by atoms with Crippen molar-refractivity contribution in [1.29, 1.82) is 0 Å². The lowest BCUT2D eigenvalue weighted by atomic mass is 9.97. The fraction of sp³-hybridized carbons (Fsp3) is 0. The molecule has 6 aromatic carbocycles. The van der Waals surface area contributed by atoms with Gasteiger partial charge in [-0.1, -0.05) is 140 Å². The third-order valence-electron chi connectivity index (χ3n) is 7.78. The van der Waals surface area contributed by atoms with Crippen LogP contribution in [0.5, 0.6) is 0 Å². The van der Waals surface area contributed by atoms with Gasteiger partial charge in [0.2, 0.25) is 0 Å². The molecule has 0 amide bonds. The normalized spacial score (nSPS) is 11.3. The molecule has 8 rings (SSSR count). The quantitative estimate of drug-likeness (QED) is 0.208. The Morgan fingerprint density at radius 1 is 0.372 bits per heavy atom. The molecule has 0 N–H and O–H groups in total. The number of benzene rings is 6. The minimum absolute atomic E-state index is 0.657. The summed E-state index contributed by atoms with van der Waals surface area (Å²) in [6, 6.07) is 52.9. The highest BCUT2D eigenvalue weighted by Gasteiger charge is 2.17. The predicted molar refractivity (Wildman–Crippen MR) is 180 cm³/mol. The van der Waals surface area contributed by atoms with Gasteiger partial charge in [0.25, 0.3) is 0 Å². The van der Waals surface area contributed by atoms with Gasteiger partial charge in [-0.25, -0.2) is 15.0 Å². The summed E-state index contributed by atoms with van der Waals surface area (Å²) >= 11 is 1.71. The monoisotopic (exact) mass is 567 g/mol. The van der Waals surface area contributed by atoms with Crippen LogP contribution in [0.2, 0.25) is 0 Å². The molecule has 0 aliphatic rings. The number of fused-ring (bicyclic) bond motifs is 2. The molecule has 2 heterocycles. The van der Waals surface area contributed by atoms with Crippen molar-refractivity contribution in [3.05, 3.63) is 152 Å². The zero-order valence-corrected chi connectivity index (χ0v) is 24.0. The highest BCUT2D eigenvalue weighted by atomic mass is 32.1. The van der Waals surface area contributed by atoms with E-state index in [4.69, 9.17) is 15.0 Å². The van der Waals surface area contributed by atoms with Crippen molar-refractivity contribution in [2.45, 2.75) is 0 Å². The molecule has 0 saturated carbocycles. The average molecular weight is 568 g/mol. The van der Waals surface area contributed by atoms with Crippen LogP contribution in [0.25, 0.3) is 76.6 Å². The molecular weight excluding hydrogens is 543 g/mol. The molecule has 0 unspecified atom stereocenters. The van der Waals surface area contributed by atoms with Gasteiger partial charge in [0.1, 0.15) is 0 Å². The standard InChI is InChI=1S/C39H25N3S/c1-2-11-26(12-3-1)33-17-7-8-18-34(33)38-40-37(41-39(42-38)36-25-30-14-5-9-20-35(30)43-36)29-23-21-28(22-24-29)32-19-10-15-27-13-4-6-16-31(27)32/h1-25H. The highest BCUT2D eigenvalue weighted by Crippen LogP contribution is 2.36. The first-order valence-corrected chi connectivity index (χ1v) is 15.1. The van der Waals surface area contributed by atoms with Crippen molar-refractivity contribution in [3.8, 4) is 55.7 Å². The summed E-state index contributed by atoms with van der Waals surface area (Å²) in [4.78, 5) is 16.2. The van der Waals surface area contributed by atoms with Gasteiger partial charge in [-0.3, -0.25) is 0 Å². The van der Waals surface area contributed by atoms with E-state index in [9.17, 15) is 0 Å². The first kappa shape index (κ1) is 25.3. The molecule has 2 aromatic heterocycles. The van der Waals surface area contributed by atoms with Gasteiger partial charge < -0.3 is 0 Å². The van der Waals surface area contributed by atoms with Crippen molar-refractivity contribution in [2.75, 3.05) is 0 Å². The Labute approximate surface area is 253 Å². The van der Waals surface area contributed by atoms with Gasteiger partial charge in [0, 0.05) is 15.8 Å². The lowest BCUT2D eigenvalue weighted by Crippen LogP contribution is -2.00. The van der Waals surface area contributed by atoms with E-state index in [0.29, 0.717) is 17.5 Å². The number of hydrogen-bond donors (Lipinski definition) is 0. The number of thiophene rings is 1. The van der Waals surface area contributed by atoms with Crippen LogP contribution >= 0.6 is 11.3 Å². The first-order valence-electron chi connectivity index (χ1n) is 14.3. The molecular formula is C39H25N3S. The van der Waals surface area contributed by atoms with Gasteiger partial charge in [-0.2, -0.15) is 0 Å². The lowest BCUT2D eigenvalue weighted by Gasteiger charge is -2.12. The van der Waals surface area contributed by atoms with E-state index in [1.54, 1.807) is 11.3 Å². The zero-order valence-electron chi connectivity index (χ0n) is 23.2. The average Bonchev–Trinajstić information content (AvgIpc) is 3.53.